The molecule has 0 bridgehead atoms. The topological polar surface area (TPSA) is 57.7 Å². The van der Waals surface area contributed by atoms with E-state index in [1.807, 2.05) is 6.92 Å². The summed E-state index contributed by atoms with van der Waals surface area (Å²) in [7, 11) is -3.46. The second-order valence-corrected chi connectivity index (χ2v) is 9.51. The average Bonchev–Trinajstić information content (AvgIpc) is 3.18. The minimum Gasteiger partial charge on any atom is -0.340 e. The number of hydrogen-bond acceptors (Lipinski definition) is 4. The van der Waals surface area contributed by atoms with E-state index in [9.17, 15) is 17.6 Å². The third-order valence-corrected chi connectivity index (χ3v) is 7.79. The Morgan fingerprint density at radius 1 is 1.15 bits per heavy atom. The molecule has 5 nitrogen and oxygen atoms in total. The molecule has 26 heavy (non-hydrogen) atoms. The molecule has 1 saturated heterocycles. The zero-order valence-corrected chi connectivity index (χ0v) is 16.1. The fourth-order valence-electron chi connectivity index (χ4n) is 3.06. The van der Waals surface area contributed by atoms with Crippen molar-refractivity contribution in [3.8, 4) is 0 Å². The standard InChI is InChI=1S/C18H21FN2O3S2/c1-14(13-15-4-6-16(19)7-5-15)18(22)20-8-10-21(11-9-20)26(23,24)17-3-2-12-25-17/h2-7,12,14H,8-11,13H2,1H3. The predicted molar refractivity (Wildman–Crippen MR) is 98.9 cm³/mol. The molecule has 1 aromatic carbocycles. The van der Waals surface area contributed by atoms with Crippen molar-refractivity contribution in [2.45, 2.75) is 17.6 Å². The van der Waals surface area contributed by atoms with E-state index in [1.54, 1.807) is 34.5 Å². The van der Waals surface area contributed by atoms with Gasteiger partial charge in [0.25, 0.3) is 10.0 Å². The Morgan fingerprint density at radius 2 is 1.81 bits per heavy atom. The van der Waals surface area contributed by atoms with Gasteiger partial charge in [-0.05, 0) is 35.6 Å². The van der Waals surface area contributed by atoms with E-state index in [1.165, 1.54) is 27.8 Å². The van der Waals surface area contributed by atoms with E-state index in [4.69, 9.17) is 0 Å². The maximum absolute atomic E-state index is 13.0. The third kappa shape index (κ3) is 4.13. The number of halogens is 1. The summed E-state index contributed by atoms with van der Waals surface area (Å²) in [6.07, 6.45) is 0.535. The van der Waals surface area contributed by atoms with Crippen molar-refractivity contribution < 1.29 is 17.6 Å². The number of hydrogen-bond donors (Lipinski definition) is 0. The summed E-state index contributed by atoms with van der Waals surface area (Å²) in [6, 6.07) is 9.47. The molecule has 1 amide bonds. The van der Waals surface area contributed by atoms with Crippen LogP contribution in [0.3, 0.4) is 0 Å². The molecule has 1 aliphatic heterocycles. The molecule has 1 atom stereocenters. The third-order valence-electron chi connectivity index (χ3n) is 4.52. The first-order valence-electron chi connectivity index (χ1n) is 8.45. The van der Waals surface area contributed by atoms with Gasteiger partial charge in [0.2, 0.25) is 5.91 Å². The Morgan fingerprint density at radius 3 is 2.38 bits per heavy atom. The molecule has 0 radical (unpaired) electrons. The second kappa shape index (κ2) is 7.85. The highest BCUT2D eigenvalue weighted by Gasteiger charge is 2.31. The molecule has 1 unspecified atom stereocenters. The van der Waals surface area contributed by atoms with Crippen LogP contribution in [-0.4, -0.2) is 49.7 Å². The van der Waals surface area contributed by atoms with Crippen molar-refractivity contribution in [2.24, 2.45) is 5.92 Å². The van der Waals surface area contributed by atoms with E-state index < -0.39 is 10.0 Å². The Labute approximate surface area is 157 Å². The lowest BCUT2D eigenvalue weighted by atomic mass is 9.99. The van der Waals surface area contributed by atoms with Gasteiger partial charge in [-0.1, -0.05) is 25.1 Å². The van der Waals surface area contributed by atoms with Gasteiger partial charge in [-0.2, -0.15) is 4.31 Å². The molecule has 1 fully saturated rings. The zero-order valence-electron chi connectivity index (χ0n) is 14.5. The molecule has 0 saturated carbocycles. The number of thiophene rings is 1. The molecule has 2 heterocycles. The number of carbonyl (C=O) groups excluding carboxylic acids is 1. The SMILES string of the molecule is CC(Cc1ccc(F)cc1)C(=O)N1CCN(S(=O)(=O)c2cccs2)CC1. The molecule has 2 aromatic rings. The van der Waals surface area contributed by atoms with E-state index in [-0.39, 0.29) is 17.6 Å². The van der Waals surface area contributed by atoms with Gasteiger partial charge in [0.1, 0.15) is 10.0 Å². The molecule has 0 aliphatic carbocycles. The number of benzene rings is 1. The van der Waals surface area contributed by atoms with Crippen LogP contribution < -0.4 is 0 Å². The molecule has 8 heteroatoms. The minimum absolute atomic E-state index is 0.00231. The van der Waals surface area contributed by atoms with Crippen molar-refractivity contribution in [3.63, 3.8) is 0 Å². The Bertz CT molecular complexity index is 843. The van der Waals surface area contributed by atoms with Crippen LogP contribution in [0.4, 0.5) is 4.39 Å². The van der Waals surface area contributed by atoms with E-state index in [2.05, 4.69) is 0 Å². The number of amides is 1. The van der Waals surface area contributed by atoms with Crippen LogP contribution in [0.15, 0.2) is 46.0 Å². The van der Waals surface area contributed by atoms with Crippen molar-refractivity contribution in [1.29, 1.82) is 0 Å². The maximum Gasteiger partial charge on any atom is 0.252 e. The maximum atomic E-state index is 13.0. The van der Waals surface area contributed by atoms with Gasteiger partial charge >= 0.3 is 0 Å². The van der Waals surface area contributed by atoms with E-state index in [0.29, 0.717) is 36.8 Å². The summed E-state index contributed by atoms with van der Waals surface area (Å²) in [5.41, 5.74) is 0.908. The fourth-order valence-corrected chi connectivity index (χ4v) is 5.63. The molecule has 1 aliphatic rings. The summed E-state index contributed by atoms with van der Waals surface area (Å²) in [5.74, 6) is -0.529. The highest BCUT2D eigenvalue weighted by molar-refractivity contribution is 7.91. The van der Waals surface area contributed by atoms with E-state index >= 15 is 0 Å². The number of carbonyl (C=O) groups is 1. The lowest BCUT2D eigenvalue weighted by Crippen LogP contribution is -2.51. The Hall–Kier alpha value is -1.77. The molecule has 3 rings (SSSR count). The second-order valence-electron chi connectivity index (χ2n) is 6.39. The summed E-state index contributed by atoms with van der Waals surface area (Å²) in [5, 5.41) is 1.74. The first-order valence-corrected chi connectivity index (χ1v) is 10.8. The summed E-state index contributed by atoms with van der Waals surface area (Å²) < 4.78 is 39.8. The molecule has 0 spiro atoms. The smallest absolute Gasteiger partial charge is 0.252 e. The average molecular weight is 397 g/mol. The van der Waals surface area contributed by atoms with E-state index in [0.717, 1.165) is 5.56 Å². The molecule has 0 N–H and O–H groups in total. The highest BCUT2D eigenvalue weighted by Crippen LogP contribution is 2.22. The monoisotopic (exact) mass is 396 g/mol. The predicted octanol–water partition coefficient (Wildman–Crippen LogP) is 2.60. The van der Waals surface area contributed by atoms with Crippen LogP contribution in [-0.2, 0) is 21.2 Å². The first kappa shape index (κ1) is 19.0. The van der Waals surface area contributed by atoms with Gasteiger partial charge < -0.3 is 4.90 Å². The van der Waals surface area contributed by atoms with Crippen LogP contribution in [0.5, 0.6) is 0 Å². The van der Waals surface area contributed by atoms with Crippen molar-refractivity contribution >= 4 is 27.3 Å². The quantitative estimate of drug-likeness (QED) is 0.781. The van der Waals surface area contributed by atoms with Crippen LogP contribution >= 0.6 is 11.3 Å². The molecule has 140 valence electrons. The summed E-state index contributed by atoms with van der Waals surface area (Å²) >= 11 is 1.20. The Balaban J connectivity index is 1.57. The lowest BCUT2D eigenvalue weighted by molar-refractivity contribution is -0.136. The molecular formula is C18H21FN2O3S2. The van der Waals surface area contributed by atoms with Gasteiger partial charge in [0, 0.05) is 32.1 Å². The number of nitrogens with zero attached hydrogens (tertiary/aromatic N) is 2. The Kier molecular flexibility index (Phi) is 5.74. The van der Waals surface area contributed by atoms with Crippen LogP contribution in [0.25, 0.3) is 0 Å². The van der Waals surface area contributed by atoms with Crippen LogP contribution in [0.2, 0.25) is 0 Å². The van der Waals surface area contributed by atoms with Gasteiger partial charge in [0.05, 0.1) is 0 Å². The number of sulfonamides is 1. The highest BCUT2D eigenvalue weighted by atomic mass is 32.2. The molecular weight excluding hydrogens is 375 g/mol. The number of piperazine rings is 1. The number of rotatable bonds is 5. The van der Waals surface area contributed by atoms with Gasteiger partial charge in [-0.3, -0.25) is 4.79 Å². The lowest BCUT2D eigenvalue weighted by Gasteiger charge is -2.35. The van der Waals surface area contributed by atoms with Crippen molar-refractivity contribution in [3.05, 3.63) is 53.2 Å². The van der Waals surface area contributed by atoms with Gasteiger partial charge in [-0.15, -0.1) is 11.3 Å². The van der Waals surface area contributed by atoms with Gasteiger partial charge in [0.15, 0.2) is 0 Å². The fraction of sp³-hybridized carbons (Fsp3) is 0.389. The zero-order chi connectivity index (χ0) is 18.7. The van der Waals surface area contributed by atoms with Crippen molar-refractivity contribution in [2.75, 3.05) is 26.2 Å². The largest absolute Gasteiger partial charge is 0.340 e. The normalized spacial score (nSPS) is 17.2. The molecule has 1 aromatic heterocycles. The first-order chi connectivity index (χ1) is 12.4. The van der Waals surface area contributed by atoms with Crippen LogP contribution in [0, 0.1) is 11.7 Å². The summed E-state index contributed by atoms with van der Waals surface area (Å²) in [4.78, 5) is 14.4. The van der Waals surface area contributed by atoms with Gasteiger partial charge in [-0.25, -0.2) is 12.8 Å². The van der Waals surface area contributed by atoms with Crippen molar-refractivity contribution in [1.82, 2.24) is 9.21 Å². The van der Waals surface area contributed by atoms with Crippen LogP contribution in [0.1, 0.15) is 12.5 Å². The summed E-state index contributed by atoms with van der Waals surface area (Å²) in [6.45, 7) is 3.22. The minimum atomic E-state index is -3.46.